The van der Waals surface area contributed by atoms with Crippen LogP contribution < -0.4 is 0 Å². The van der Waals surface area contributed by atoms with Crippen molar-refractivity contribution in [1.29, 1.82) is 0 Å². The van der Waals surface area contributed by atoms with Gasteiger partial charge < -0.3 is 15.0 Å². The molecule has 310 valence electrons. The van der Waals surface area contributed by atoms with Crippen molar-refractivity contribution < 1.29 is 25.6 Å². The minimum Gasteiger partial charge on any atom is -0.304 e. The van der Waals surface area contributed by atoms with Gasteiger partial charge >= 0.3 is 20.1 Å². The van der Waals surface area contributed by atoms with Crippen molar-refractivity contribution in [3.63, 3.8) is 0 Å². The summed E-state index contributed by atoms with van der Waals surface area (Å²) < 4.78 is 39.5. The van der Waals surface area contributed by atoms with Gasteiger partial charge in [-0.2, -0.15) is 0 Å². The summed E-state index contributed by atoms with van der Waals surface area (Å²) in [7, 11) is 0. The molecule has 0 fully saturated rings. The van der Waals surface area contributed by atoms with E-state index in [1.165, 1.54) is 11.8 Å². The molecule has 0 atom stereocenters. The van der Waals surface area contributed by atoms with Gasteiger partial charge in [0.15, 0.2) is 0 Å². The summed E-state index contributed by atoms with van der Waals surface area (Å²) in [5.74, 6) is 0. The first kappa shape index (κ1) is 39.1. The minimum atomic E-state index is -2.51. The van der Waals surface area contributed by atoms with E-state index >= 15 is 0 Å². The maximum absolute atomic E-state index is 9.90. The van der Waals surface area contributed by atoms with E-state index in [0.717, 1.165) is 68.7 Å². The first-order chi connectivity index (χ1) is 31.1. The number of pyridine rings is 3. The number of hydrogen-bond donors (Lipinski definition) is 0. The monoisotopic (exact) mass is 989 g/mol. The third-order valence-corrected chi connectivity index (χ3v) is 11.4. The number of rotatable bonds is 15. The predicted molar refractivity (Wildman–Crippen MR) is 252 cm³/mol. The minimum absolute atomic E-state index is 0. The van der Waals surface area contributed by atoms with Crippen LogP contribution in [0.3, 0.4) is 0 Å². The summed E-state index contributed by atoms with van der Waals surface area (Å²) >= 11 is 0. The van der Waals surface area contributed by atoms with Crippen molar-refractivity contribution in [3.8, 4) is 44.9 Å². The second-order valence-corrected chi connectivity index (χ2v) is 17.2. The van der Waals surface area contributed by atoms with E-state index in [9.17, 15) is 5.48 Å². The number of hydrogen-bond acceptors (Lipinski definition) is 3. The largest absolute Gasteiger partial charge is 3.00 e. The van der Waals surface area contributed by atoms with Crippen LogP contribution in [0.4, 0.5) is 0 Å². The molecule has 0 unspecified atom stereocenters. The Morgan fingerprint density at radius 2 is 0.984 bits per heavy atom. The molecule has 0 saturated carbocycles. The van der Waals surface area contributed by atoms with Crippen LogP contribution in [0.15, 0.2) is 164 Å². The van der Waals surface area contributed by atoms with Crippen LogP contribution in [0, 0.1) is 18.2 Å². The molecule has 8 rings (SSSR count). The molecule has 0 aliphatic rings. The standard InChI is InChI=1S/C58H54N3.Ir/c1-6-16-42-23-26-46(27-24-42)53-36-56(49-21-14-9-15-22-49)59-39-50(53)28-25-43-33-44(37-57(2,3)51-29-31-54(60-40-51)47-17-10-7-11-18-47)35-45(34-43)38-58(4,5)52-30-32-55(61-41-52)48-19-12-8-13-20-48;/h7-15,17,19,21,23-24,26-27,29-36,39-41H,6,16,25,28,37-38H2,1-5H3;/q-3;+3/i25D2,28D2;. The average Bonchev–Trinajstić information content (AvgIpc) is 3.32. The Morgan fingerprint density at radius 3 is 1.44 bits per heavy atom. The smallest absolute Gasteiger partial charge is 0.304 e. The van der Waals surface area contributed by atoms with E-state index in [1.807, 2.05) is 128 Å². The zero-order valence-electron chi connectivity index (χ0n) is 40.1. The summed E-state index contributed by atoms with van der Waals surface area (Å²) in [6.07, 6.45) is 3.44. The number of aryl methyl sites for hydroxylation is 3. The molecule has 0 bridgehead atoms. The second kappa shape index (κ2) is 19.9. The Balaban J connectivity index is 0.00000648. The number of benzene rings is 5. The molecule has 0 radical (unpaired) electrons. The Bertz CT molecular complexity index is 2730. The van der Waals surface area contributed by atoms with Crippen molar-refractivity contribution >= 4 is 0 Å². The summed E-state index contributed by atoms with van der Waals surface area (Å²) in [4.78, 5) is 14.4. The molecule has 3 nitrogen and oxygen atoms in total. The summed E-state index contributed by atoms with van der Waals surface area (Å²) in [5, 5.41) is 0. The van der Waals surface area contributed by atoms with Crippen LogP contribution in [0.2, 0.25) is 0 Å². The summed E-state index contributed by atoms with van der Waals surface area (Å²) in [5.41, 5.74) is 11.1. The third-order valence-electron chi connectivity index (χ3n) is 11.4. The quantitative estimate of drug-likeness (QED) is 0.0961. The van der Waals surface area contributed by atoms with Gasteiger partial charge in [-0.1, -0.05) is 114 Å². The fraction of sp³-hybridized carbons (Fsp3) is 0.224. The van der Waals surface area contributed by atoms with E-state index in [0.29, 0.717) is 24.1 Å². The topological polar surface area (TPSA) is 38.7 Å². The fourth-order valence-electron chi connectivity index (χ4n) is 8.05. The van der Waals surface area contributed by atoms with Crippen LogP contribution in [0.25, 0.3) is 44.9 Å². The van der Waals surface area contributed by atoms with Crippen molar-refractivity contribution in [2.24, 2.45) is 0 Å². The van der Waals surface area contributed by atoms with Gasteiger partial charge in [-0.15, -0.1) is 108 Å². The molecular formula is C58H54IrN3. The van der Waals surface area contributed by atoms with Crippen molar-refractivity contribution in [1.82, 2.24) is 15.0 Å². The summed E-state index contributed by atoms with van der Waals surface area (Å²) in [6, 6.07) is 57.2. The molecule has 62 heavy (non-hydrogen) atoms. The van der Waals surface area contributed by atoms with E-state index < -0.39 is 23.6 Å². The number of aromatic nitrogens is 3. The molecule has 5 aromatic carbocycles. The van der Waals surface area contributed by atoms with Gasteiger partial charge in [0.1, 0.15) is 0 Å². The normalized spacial score (nSPS) is 13.0. The van der Waals surface area contributed by atoms with Crippen molar-refractivity contribution in [3.05, 3.63) is 221 Å². The van der Waals surface area contributed by atoms with Crippen LogP contribution in [0.5, 0.6) is 0 Å². The van der Waals surface area contributed by atoms with Gasteiger partial charge in [0.05, 0.1) is 0 Å². The van der Waals surface area contributed by atoms with Gasteiger partial charge in [0.2, 0.25) is 0 Å². The van der Waals surface area contributed by atoms with E-state index in [2.05, 4.69) is 83.1 Å². The SMILES string of the molecule is [2H]C([2H])(c1cc(CC(C)(C)c2ccc(-c3[c-]cccc3)nc2)cc(CC(C)(C)c2ccc(-c3[c-]cccc3)nc2)c1)C([2H])([2H])c1cnc(-c2[c-]cccc2)cc1-c1ccc(CCC)cc1.[Ir+3]. The number of nitrogens with zero attached hydrogens (tertiary/aromatic N) is 3. The predicted octanol–water partition coefficient (Wildman–Crippen LogP) is 13.7. The zero-order chi connectivity index (χ0) is 45.8. The first-order valence-corrected chi connectivity index (χ1v) is 21.2. The van der Waals surface area contributed by atoms with Gasteiger partial charge in [-0.25, -0.2) is 0 Å². The first-order valence-electron chi connectivity index (χ1n) is 23.2. The van der Waals surface area contributed by atoms with Gasteiger partial charge in [-0.3, -0.25) is 0 Å². The van der Waals surface area contributed by atoms with Crippen molar-refractivity contribution in [2.45, 2.75) is 83.9 Å². The molecular weight excluding hydrogens is 931 g/mol. The molecule has 3 heterocycles. The van der Waals surface area contributed by atoms with E-state index in [-0.39, 0.29) is 31.2 Å². The average molecular weight is 989 g/mol. The molecule has 4 heteroatoms. The fourth-order valence-corrected chi connectivity index (χ4v) is 8.05. The van der Waals surface area contributed by atoms with E-state index in [4.69, 9.17) is 15.0 Å². The summed E-state index contributed by atoms with van der Waals surface area (Å²) in [6.45, 7) is 10.9. The Kier molecular flexibility index (Phi) is 12.6. The Morgan fingerprint density at radius 1 is 0.500 bits per heavy atom. The Labute approximate surface area is 388 Å². The van der Waals surface area contributed by atoms with Gasteiger partial charge in [0.25, 0.3) is 0 Å². The molecule has 0 N–H and O–H groups in total. The molecule has 0 spiro atoms. The molecule has 0 aliphatic heterocycles. The second-order valence-electron chi connectivity index (χ2n) is 17.2. The van der Waals surface area contributed by atoms with E-state index in [1.54, 1.807) is 0 Å². The van der Waals surface area contributed by atoms with Crippen LogP contribution in [-0.4, -0.2) is 15.0 Å². The van der Waals surface area contributed by atoms with Crippen LogP contribution in [0.1, 0.15) is 85.5 Å². The molecule has 0 saturated heterocycles. The third kappa shape index (κ3) is 10.8. The molecule has 3 aromatic heterocycles. The van der Waals surface area contributed by atoms with Crippen LogP contribution >= 0.6 is 0 Å². The maximum Gasteiger partial charge on any atom is 3.00 e. The molecule has 0 aliphatic carbocycles. The van der Waals surface area contributed by atoms with Gasteiger partial charge in [-0.05, 0) is 110 Å². The maximum atomic E-state index is 9.90. The Hall–Kier alpha value is -5.80. The zero-order valence-corrected chi connectivity index (χ0v) is 38.5. The molecule has 8 aromatic rings. The molecule has 0 amide bonds. The van der Waals surface area contributed by atoms with Gasteiger partial charge in [0, 0.05) is 24.1 Å². The van der Waals surface area contributed by atoms with Crippen molar-refractivity contribution in [2.75, 3.05) is 0 Å². The van der Waals surface area contributed by atoms with Crippen LogP contribution in [-0.2, 0) is 62.9 Å².